The lowest BCUT2D eigenvalue weighted by atomic mass is 10.5. The lowest BCUT2D eigenvalue weighted by Crippen LogP contribution is -2.09. The van der Waals surface area contributed by atoms with Crippen LogP contribution in [-0.4, -0.2) is 27.6 Å². The molecule has 8 heteroatoms. The Morgan fingerprint density at radius 2 is 2.13 bits per heavy atom. The minimum absolute atomic E-state index is 0.111. The van der Waals surface area contributed by atoms with Crippen molar-refractivity contribution in [2.45, 2.75) is 13.3 Å². The van der Waals surface area contributed by atoms with Crippen molar-refractivity contribution in [1.82, 2.24) is 0 Å². The first-order valence-corrected chi connectivity index (χ1v) is 7.61. The highest BCUT2D eigenvalue weighted by atomic mass is 35.5. The molecule has 2 atom stereocenters. The third-order valence-electron chi connectivity index (χ3n) is 1.06. The molecule has 92 valence electrons. The van der Waals surface area contributed by atoms with E-state index >= 15 is 0 Å². The quantitative estimate of drug-likeness (QED) is 0.464. The number of halogens is 2. The lowest BCUT2D eigenvalue weighted by Gasteiger charge is -2.06. The fourth-order valence-electron chi connectivity index (χ4n) is 0.524. The molecule has 0 bridgehead atoms. The minimum atomic E-state index is -2.79. The summed E-state index contributed by atoms with van der Waals surface area (Å²) >= 11 is 8.90. The van der Waals surface area contributed by atoms with Crippen LogP contribution in [0.3, 0.4) is 0 Å². The molecule has 15 heavy (non-hydrogen) atoms. The van der Waals surface area contributed by atoms with Crippen molar-refractivity contribution < 1.29 is 18.5 Å². The van der Waals surface area contributed by atoms with E-state index in [2.05, 4.69) is 11.1 Å². The Labute approximate surface area is 104 Å². The van der Waals surface area contributed by atoms with Gasteiger partial charge in [-0.3, -0.25) is 4.57 Å². The maximum Gasteiger partial charge on any atom is 0.316 e. The Balaban J connectivity index is 0. The molecular weight excluding hydrogens is 282 g/mol. The SMILES string of the molecule is C=C(Cl)Cl.CC[S+]([O-])CCCO[PH](=O)O. The van der Waals surface area contributed by atoms with Crippen LogP contribution in [0.4, 0.5) is 0 Å². The van der Waals surface area contributed by atoms with Crippen LogP contribution < -0.4 is 0 Å². The van der Waals surface area contributed by atoms with Gasteiger partial charge in [0.2, 0.25) is 0 Å². The van der Waals surface area contributed by atoms with Crippen LogP contribution in [0.1, 0.15) is 13.3 Å². The van der Waals surface area contributed by atoms with Crippen molar-refractivity contribution >= 4 is 42.6 Å². The normalized spacial score (nSPS) is 13.7. The summed E-state index contributed by atoms with van der Waals surface area (Å²) in [4.78, 5) is 8.22. The molecular formula is C7H15Cl2O4PS. The Kier molecular flexibility index (Phi) is 15.5. The van der Waals surface area contributed by atoms with Crippen LogP contribution in [0.15, 0.2) is 11.1 Å². The molecule has 0 spiro atoms. The maximum absolute atomic E-state index is 10.8. The molecule has 2 unspecified atom stereocenters. The van der Waals surface area contributed by atoms with Crippen molar-refractivity contribution in [3.8, 4) is 0 Å². The monoisotopic (exact) mass is 296 g/mol. The first-order valence-electron chi connectivity index (χ1n) is 4.10. The molecule has 0 aliphatic rings. The van der Waals surface area contributed by atoms with Gasteiger partial charge in [-0.05, 0) is 6.92 Å². The van der Waals surface area contributed by atoms with Gasteiger partial charge in [0.05, 0.1) is 11.1 Å². The zero-order chi connectivity index (χ0) is 12.3. The van der Waals surface area contributed by atoms with E-state index in [1.807, 2.05) is 6.92 Å². The van der Waals surface area contributed by atoms with Gasteiger partial charge in [-0.15, -0.1) is 0 Å². The fourth-order valence-corrected chi connectivity index (χ4v) is 1.57. The standard InChI is InChI=1S/C5H13O4PS.C2H2Cl2/c1-2-11(8)5-3-4-9-10(6)7;1-2(3)4/h10H,2-5H2,1H3,(H,6,7);1H2. The largest absolute Gasteiger partial charge is 0.616 e. The van der Waals surface area contributed by atoms with Gasteiger partial charge in [-0.25, -0.2) is 0 Å². The Morgan fingerprint density at radius 1 is 1.67 bits per heavy atom. The molecule has 0 saturated carbocycles. The molecule has 0 heterocycles. The number of rotatable bonds is 6. The van der Waals surface area contributed by atoms with Crippen molar-refractivity contribution in [3.63, 3.8) is 0 Å². The minimum Gasteiger partial charge on any atom is -0.616 e. The summed E-state index contributed by atoms with van der Waals surface area (Å²) in [6.07, 6.45) is 0.581. The summed E-state index contributed by atoms with van der Waals surface area (Å²) in [5.74, 6) is 1.18. The van der Waals surface area contributed by atoms with Crippen molar-refractivity contribution in [2.24, 2.45) is 0 Å². The van der Waals surface area contributed by atoms with Crippen molar-refractivity contribution in [1.29, 1.82) is 0 Å². The van der Waals surface area contributed by atoms with Crippen LogP contribution in [0.25, 0.3) is 0 Å². The predicted octanol–water partition coefficient (Wildman–Crippen LogP) is 2.48. The summed E-state index contributed by atoms with van der Waals surface area (Å²) < 4.78 is 25.3. The van der Waals surface area contributed by atoms with E-state index in [0.29, 0.717) is 17.9 Å². The summed E-state index contributed by atoms with van der Waals surface area (Å²) in [7, 11) is -2.79. The van der Waals surface area contributed by atoms with E-state index < -0.39 is 19.4 Å². The highest BCUT2D eigenvalue weighted by Gasteiger charge is 2.01. The Morgan fingerprint density at radius 3 is 2.47 bits per heavy atom. The first kappa shape index (κ1) is 18.2. The second-order valence-corrected chi connectivity index (χ2v) is 6.03. The molecule has 0 aliphatic carbocycles. The molecule has 0 rings (SSSR count). The zero-order valence-electron chi connectivity index (χ0n) is 8.37. The first-order chi connectivity index (χ1) is 6.90. The van der Waals surface area contributed by atoms with Gasteiger partial charge in [0.1, 0.15) is 11.5 Å². The van der Waals surface area contributed by atoms with E-state index in [-0.39, 0.29) is 11.1 Å². The molecule has 0 amide bonds. The van der Waals surface area contributed by atoms with E-state index in [9.17, 15) is 9.12 Å². The number of hydrogen-bond acceptors (Lipinski definition) is 3. The summed E-state index contributed by atoms with van der Waals surface area (Å²) in [5.41, 5.74) is 0. The maximum atomic E-state index is 10.8. The average molecular weight is 297 g/mol. The van der Waals surface area contributed by atoms with Crippen LogP contribution >= 0.6 is 31.5 Å². The second-order valence-electron chi connectivity index (χ2n) is 2.24. The molecule has 0 aromatic rings. The molecule has 0 fully saturated rings. The molecule has 1 N–H and O–H groups in total. The summed E-state index contributed by atoms with van der Waals surface area (Å²) in [6, 6.07) is 0. The van der Waals surface area contributed by atoms with Gasteiger partial charge in [-0.1, -0.05) is 41.0 Å². The van der Waals surface area contributed by atoms with Gasteiger partial charge in [0.15, 0.2) is 0 Å². The van der Waals surface area contributed by atoms with Gasteiger partial charge in [0.25, 0.3) is 0 Å². The molecule has 0 aliphatic heterocycles. The van der Waals surface area contributed by atoms with E-state index in [1.165, 1.54) is 0 Å². The van der Waals surface area contributed by atoms with E-state index in [4.69, 9.17) is 28.1 Å². The van der Waals surface area contributed by atoms with Crippen LogP contribution in [0, 0.1) is 0 Å². The summed E-state index contributed by atoms with van der Waals surface area (Å²) in [5, 5.41) is 0. The van der Waals surface area contributed by atoms with Crippen molar-refractivity contribution in [2.75, 3.05) is 18.1 Å². The van der Waals surface area contributed by atoms with Crippen LogP contribution in [0.5, 0.6) is 0 Å². The molecule has 0 saturated heterocycles. The lowest BCUT2D eigenvalue weighted by molar-refractivity contribution is 0.282. The predicted molar refractivity (Wildman–Crippen MR) is 66.2 cm³/mol. The molecule has 0 radical (unpaired) electrons. The fraction of sp³-hybridized carbons (Fsp3) is 0.714. The number of hydrogen-bond donors (Lipinski definition) is 1. The van der Waals surface area contributed by atoms with E-state index in [1.54, 1.807) is 0 Å². The van der Waals surface area contributed by atoms with Crippen LogP contribution in [0.2, 0.25) is 0 Å². The topological polar surface area (TPSA) is 69.6 Å². The molecule has 4 nitrogen and oxygen atoms in total. The van der Waals surface area contributed by atoms with Gasteiger partial charge < -0.3 is 14.0 Å². The Bertz CT molecular complexity index is 190. The highest BCUT2D eigenvalue weighted by Crippen LogP contribution is 2.14. The highest BCUT2D eigenvalue weighted by molar-refractivity contribution is 7.91. The second kappa shape index (κ2) is 12.8. The summed E-state index contributed by atoms with van der Waals surface area (Å²) in [6.45, 7) is 5.15. The van der Waals surface area contributed by atoms with Crippen LogP contribution in [-0.2, 0) is 20.3 Å². The van der Waals surface area contributed by atoms with Gasteiger partial charge in [0, 0.05) is 6.42 Å². The average Bonchev–Trinajstić information content (AvgIpc) is 2.10. The smallest absolute Gasteiger partial charge is 0.316 e. The van der Waals surface area contributed by atoms with Crippen molar-refractivity contribution in [3.05, 3.63) is 11.1 Å². The zero-order valence-corrected chi connectivity index (χ0v) is 11.7. The Hall–Kier alpha value is 0.780. The van der Waals surface area contributed by atoms with E-state index in [0.717, 1.165) is 0 Å². The third-order valence-corrected chi connectivity index (χ3v) is 2.90. The van der Waals surface area contributed by atoms with Gasteiger partial charge in [-0.2, -0.15) is 0 Å². The van der Waals surface area contributed by atoms with Gasteiger partial charge >= 0.3 is 8.25 Å². The third kappa shape index (κ3) is 25.2. The molecule has 0 aromatic heterocycles. The molecule has 0 aromatic carbocycles.